The van der Waals surface area contributed by atoms with E-state index in [0.29, 0.717) is 17.4 Å². The van der Waals surface area contributed by atoms with Crippen LogP contribution in [0.4, 0.5) is 0 Å². The summed E-state index contributed by atoms with van der Waals surface area (Å²) in [5.41, 5.74) is 0. The highest BCUT2D eigenvalue weighted by Crippen LogP contribution is 2.43. The second kappa shape index (κ2) is 50.6. The van der Waals surface area contributed by atoms with Gasteiger partial charge >= 0.3 is 19.8 Å². The number of unbranched alkanes of at least 4 members (excludes halogenated alkanes) is 28. The van der Waals surface area contributed by atoms with E-state index in [1.54, 1.807) is 0 Å². The molecule has 0 saturated carbocycles. The van der Waals surface area contributed by atoms with Crippen LogP contribution in [-0.4, -0.2) is 74.9 Å². The maximum Gasteiger partial charge on any atom is 0.472 e. The molecule has 9 nitrogen and oxygen atoms in total. The van der Waals surface area contributed by atoms with Gasteiger partial charge in [0, 0.05) is 12.8 Å². The molecule has 0 rings (SSSR count). The molecule has 0 saturated heterocycles. The van der Waals surface area contributed by atoms with Crippen LogP contribution < -0.4 is 0 Å². The summed E-state index contributed by atoms with van der Waals surface area (Å²) < 4.78 is 34.6. The Morgan fingerprint density at radius 2 is 0.826 bits per heavy atom. The summed E-state index contributed by atoms with van der Waals surface area (Å²) in [6, 6.07) is 0. The number of rotatable bonds is 52. The number of carbonyl (C=O) groups excluding carboxylic acids is 2. The molecule has 0 heterocycles. The van der Waals surface area contributed by atoms with E-state index in [9.17, 15) is 19.0 Å². The predicted molar refractivity (Wildman–Crippen MR) is 293 cm³/mol. The van der Waals surface area contributed by atoms with Crippen molar-refractivity contribution in [2.75, 3.05) is 47.5 Å². The van der Waals surface area contributed by atoms with Crippen LogP contribution in [0.25, 0.3) is 0 Å². The van der Waals surface area contributed by atoms with Crippen molar-refractivity contribution in [3.63, 3.8) is 0 Å². The summed E-state index contributed by atoms with van der Waals surface area (Å²) in [4.78, 5) is 35.7. The molecule has 10 heteroatoms. The van der Waals surface area contributed by atoms with E-state index in [1.165, 1.54) is 141 Å². The van der Waals surface area contributed by atoms with Crippen molar-refractivity contribution in [1.82, 2.24) is 0 Å². The van der Waals surface area contributed by atoms with Crippen LogP contribution in [0, 0.1) is 0 Å². The van der Waals surface area contributed by atoms with Crippen molar-refractivity contribution in [2.24, 2.45) is 0 Å². The summed E-state index contributed by atoms with van der Waals surface area (Å²) in [5, 5.41) is 0. The summed E-state index contributed by atoms with van der Waals surface area (Å²) in [7, 11) is 1.48. The van der Waals surface area contributed by atoms with Crippen molar-refractivity contribution in [2.45, 2.75) is 258 Å². The van der Waals surface area contributed by atoms with Gasteiger partial charge in [-0.05, 0) is 57.8 Å². The molecule has 0 spiro atoms. The Morgan fingerprint density at radius 1 is 0.464 bits per heavy atom. The monoisotopic (exact) mass is 991 g/mol. The fourth-order valence-corrected chi connectivity index (χ4v) is 8.67. The van der Waals surface area contributed by atoms with Gasteiger partial charge in [-0.15, -0.1) is 0 Å². The lowest BCUT2D eigenvalue weighted by molar-refractivity contribution is -0.870. The number of carbonyl (C=O) groups is 2. The average molecular weight is 991 g/mol. The number of hydrogen-bond acceptors (Lipinski definition) is 7. The molecule has 0 amide bonds. The molecule has 2 unspecified atom stereocenters. The summed E-state index contributed by atoms with van der Waals surface area (Å²) >= 11 is 0. The van der Waals surface area contributed by atoms with Crippen molar-refractivity contribution >= 4 is 19.8 Å². The van der Waals surface area contributed by atoms with Gasteiger partial charge in [-0.25, -0.2) is 4.57 Å². The lowest BCUT2D eigenvalue weighted by Crippen LogP contribution is -2.37. The highest BCUT2D eigenvalue weighted by Gasteiger charge is 2.27. The highest BCUT2D eigenvalue weighted by atomic mass is 31.2. The lowest BCUT2D eigenvalue weighted by Gasteiger charge is -2.24. The van der Waals surface area contributed by atoms with Crippen molar-refractivity contribution < 1.29 is 42.1 Å². The molecule has 402 valence electrons. The fraction of sp³-hybridized carbons (Fsp3) is 0.797. The molecule has 0 aromatic heterocycles. The van der Waals surface area contributed by atoms with Gasteiger partial charge in [0.25, 0.3) is 0 Å². The smallest absolute Gasteiger partial charge is 0.462 e. The molecule has 0 aromatic carbocycles. The molecule has 0 fully saturated rings. The Kier molecular flexibility index (Phi) is 49.0. The minimum absolute atomic E-state index is 0.0298. The zero-order valence-electron chi connectivity index (χ0n) is 45.5. The Bertz CT molecular complexity index is 1350. The van der Waals surface area contributed by atoms with E-state index in [4.69, 9.17) is 18.5 Å². The normalized spacial score (nSPS) is 13.8. The van der Waals surface area contributed by atoms with Gasteiger partial charge < -0.3 is 18.9 Å². The highest BCUT2D eigenvalue weighted by molar-refractivity contribution is 7.47. The zero-order chi connectivity index (χ0) is 50.6. The van der Waals surface area contributed by atoms with Gasteiger partial charge in [0.05, 0.1) is 27.7 Å². The van der Waals surface area contributed by atoms with E-state index in [2.05, 4.69) is 74.6 Å². The van der Waals surface area contributed by atoms with Crippen molar-refractivity contribution in [3.8, 4) is 0 Å². The Labute approximate surface area is 426 Å². The number of hydrogen-bond donors (Lipinski definition) is 1. The van der Waals surface area contributed by atoms with E-state index in [1.807, 2.05) is 21.1 Å². The number of nitrogens with zero attached hydrogens (tertiary/aromatic N) is 1. The molecular formula is C59H109NO8P+. The topological polar surface area (TPSA) is 108 Å². The van der Waals surface area contributed by atoms with Crippen LogP contribution in [0.1, 0.15) is 251 Å². The Balaban J connectivity index is 4.19. The predicted octanol–water partition coefficient (Wildman–Crippen LogP) is 17.5. The maximum absolute atomic E-state index is 12.8. The molecule has 0 bridgehead atoms. The molecule has 1 N–H and O–H groups in total. The third-order valence-electron chi connectivity index (χ3n) is 12.3. The van der Waals surface area contributed by atoms with Gasteiger partial charge in [0.1, 0.15) is 19.8 Å². The molecule has 0 aliphatic rings. The number of esters is 2. The molecular weight excluding hydrogens is 882 g/mol. The first-order valence-electron chi connectivity index (χ1n) is 28.5. The third-order valence-corrected chi connectivity index (χ3v) is 13.3. The van der Waals surface area contributed by atoms with Crippen molar-refractivity contribution in [3.05, 3.63) is 60.8 Å². The number of ether oxygens (including phenoxy) is 2. The van der Waals surface area contributed by atoms with E-state index >= 15 is 0 Å². The lowest BCUT2D eigenvalue weighted by atomic mass is 10.0. The summed E-state index contributed by atoms with van der Waals surface area (Å²) in [6.45, 7) is 4.34. The minimum Gasteiger partial charge on any atom is -0.462 e. The SMILES string of the molecule is CC/C=C\C/C=C\C/C=C\C/C=C\C/C=C\CCCCCCCCCCCC(=O)OC(COC(=O)CCCCCCCCCCCCCCCCCCCCCC)COP(=O)(O)OCC[N+](C)(C)C. The number of quaternary nitrogens is 1. The van der Waals surface area contributed by atoms with Gasteiger partial charge in [0.2, 0.25) is 0 Å². The van der Waals surface area contributed by atoms with Gasteiger partial charge in [0.15, 0.2) is 6.10 Å². The summed E-state index contributed by atoms with van der Waals surface area (Å²) in [5.74, 6) is -0.796. The third kappa shape index (κ3) is 54.9. The first kappa shape index (κ1) is 66.7. The van der Waals surface area contributed by atoms with Crippen LogP contribution >= 0.6 is 7.82 Å². The molecule has 0 radical (unpaired) electrons. The van der Waals surface area contributed by atoms with Crippen LogP contribution in [0.2, 0.25) is 0 Å². The van der Waals surface area contributed by atoms with Crippen LogP contribution in [0.5, 0.6) is 0 Å². The van der Waals surface area contributed by atoms with E-state index in [0.717, 1.165) is 77.0 Å². The Hall–Kier alpha value is -2.29. The van der Waals surface area contributed by atoms with Gasteiger partial charge in [-0.1, -0.05) is 242 Å². The second-order valence-electron chi connectivity index (χ2n) is 20.3. The minimum atomic E-state index is -4.39. The number of likely N-dealkylation sites (N-methyl/N-ethyl adjacent to an activating group) is 1. The van der Waals surface area contributed by atoms with Crippen molar-refractivity contribution in [1.29, 1.82) is 0 Å². The van der Waals surface area contributed by atoms with Crippen LogP contribution in [-0.2, 0) is 32.7 Å². The van der Waals surface area contributed by atoms with Gasteiger partial charge in [-0.2, -0.15) is 0 Å². The first-order chi connectivity index (χ1) is 33.5. The average Bonchev–Trinajstić information content (AvgIpc) is 3.31. The second-order valence-corrected chi connectivity index (χ2v) is 21.8. The molecule has 0 aromatic rings. The molecule has 2 atom stereocenters. The van der Waals surface area contributed by atoms with Gasteiger partial charge in [-0.3, -0.25) is 18.6 Å². The molecule has 0 aliphatic carbocycles. The largest absolute Gasteiger partial charge is 0.472 e. The zero-order valence-corrected chi connectivity index (χ0v) is 46.4. The number of phosphoric ester groups is 1. The Morgan fingerprint density at radius 3 is 1.23 bits per heavy atom. The summed E-state index contributed by atoms with van der Waals surface area (Å²) in [6.07, 6.45) is 64.2. The van der Waals surface area contributed by atoms with Crippen LogP contribution in [0.15, 0.2) is 60.8 Å². The fourth-order valence-electron chi connectivity index (χ4n) is 7.93. The molecule has 0 aliphatic heterocycles. The molecule has 69 heavy (non-hydrogen) atoms. The number of phosphoric acid groups is 1. The standard InChI is InChI=1S/C59H108NO8P/c1-6-8-10-12-14-16-18-20-22-24-26-28-29-30-31-32-34-36-38-40-42-44-46-48-50-52-59(62)68-57(56-67-69(63,64)66-54-53-60(3,4)5)55-65-58(61)51-49-47-45-43-41-39-37-35-33-27-25-23-21-19-17-15-13-11-9-7-2/h8,10,14,16,20,22,26,28,30-31,57H,6-7,9,11-13,15,17-19,21,23-25,27,29,32-56H2,1-5H3/p+1/b10-8-,16-14-,22-20-,28-26-,31-30-. The quantitative estimate of drug-likeness (QED) is 0.0211. The maximum atomic E-state index is 12.8. The number of allylic oxidation sites excluding steroid dienone is 10. The first-order valence-corrected chi connectivity index (χ1v) is 30.0. The van der Waals surface area contributed by atoms with Crippen LogP contribution in [0.3, 0.4) is 0 Å². The van der Waals surface area contributed by atoms with E-state index < -0.39 is 26.5 Å². The van der Waals surface area contributed by atoms with E-state index in [-0.39, 0.29) is 32.0 Å².